The Hall–Kier alpha value is -1.62. The standard InChI is InChI=1S/C41H77NO4/c1-5-7-9-11-13-15-17-19-21-23-25-27-29-31-33-35-40(43)45-37-39(42(3)4)38-46-41(44)36-34-32-30-28-26-24-22-20-18-16-14-12-10-8-6-2/h19-22,39H,5-18,23-38H2,1-4H3. The van der Waals surface area contributed by atoms with Gasteiger partial charge in [0.25, 0.3) is 0 Å². The second-order valence-corrected chi connectivity index (χ2v) is 13.7. The zero-order chi connectivity index (χ0) is 33.8. The molecule has 46 heavy (non-hydrogen) atoms. The molecule has 0 spiro atoms. The fourth-order valence-corrected chi connectivity index (χ4v) is 5.55. The van der Waals surface area contributed by atoms with E-state index in [2.05, 4.69) is 38.2 Å². The normalized spacial score (nSPS) is 12.5. The average Bonchev–Trinajstić information content (AvgIpc) is 3.04. The van der Waals surface area contributed by atoms with Crippen LogP contribution in [0.2, 0.25) is 0 Å². The minimum Gasteiger partial charge on any atom is -0.464 e. The van der Waals surface area contributed by atoms with Crippen LogP contribution in [0.25, 0.3) is 0 Å². The Balaban J connectivity index is 3.68. The summed E-state index contributed by atoms with van der Waals surface area (Å²) in [4.78, 5) is 26.5. The van der Waals surface area contributed by atoms with Crippen molar-refractivity contribution >= 4 is 11.9 Å². The van der Waals surface area contributed by atoms with E-state index in [9.17, 15) is 9.59 Å². The minimum atomic E-state index is -0.149. The third-order valence-corrected chi connectivity index (χ3v) is 8.89. The molecule has 0 atom stereocenters. The van der Waals surface area contributed by atoms with E-state index >= 15 is 0 Å². The molecule has 0 saturated heterocycles. The summed E-state index contributed by atoms with van der Waals surface area (Å²) in [5, 5.41) is 0. The first-order valence-electron chi connectivity index (χ1n) is 19.8. The fourth-order valence-electron chi connectivity index (χ4n) is 5.55. The molecule has 0 aromatic heterocycles. The molecule has 0 aliphatic carbocycles. The SMILES string of the molecule is CCCCCCCCC=CCCCCCCCC(=O)OCC(COC(=O)CCCCCCCC=CCCCCCCCC)N(C)C. The van der Waals surface area contributed by atoms with Gasteiger partial charge >= 0.3 is 11.9 Å². The van der Waals surface area contributed by atoms with Crippen molar-refractivity contribution in [3.8, 4) is 0 Å². The Morgan fingerprint density at radius 2 is 0.739 bits per heavy atom. The van der Waals surface area contributed by atoms with Crippen LogP contribution < -0.4 is 0 Å². The molecule has 5 heteroatoms. The summed E-state index contributed by atoms with van der Waals surface area (Å²) in [7, 11) is 3.86. The number of ether oxygens (including phenoxy) is 2. The monoisotopic (exact) mass is 648 g/mol. The quantitative estimate of drug-likeness (QED) is 0.0389. The third-order valence-electron chi connectivity index (χ3n) is 8.89. The number of likely N-dealkylation sites (N-methyl/N-ethyl adjacent to an activating group) is 1. The highest BCUT2D eigenvalue weighted by atomic mass is 16.5. The molecule has 0 aromatic rings. The molecule has 0 aliphatic heterocycles. The Bertz CT molecular complexity index is 661. The molecule has 0 radical (unpaired) electrons. The molecule has 270 valence electrons. The molecule has 0 rings (SSSR count). The zero-order valence-electron chi connectivity index (χ0n) is 31.2. The summed E-state index contributed by atoms with van der Waals surface area (Å²) < 4.78 is 11.0. The maximum atomic E-state index is 12.2. The van der Waals surface area contributed by atoms with Gasteiger partial charge in [0.15, 0.2) is 0 Å². The predicted octanol–water partition coefficient (Wildman–Crippen LogP) is 12.1. The van der Waals surface area contributed by atoms with Crippen molar-refractivity contribution in [2.24, 2.45) is 0 Å². The molecule has 0 bridgehead atoms. The van der Waals surface area contributed by atoms with Crippen molar-refractivity contribution < 1.29 is 19.1 Å². The molecule has 0 unspecified atom stereocenters. The highest BCUT2D eigenvalue weighted by Crippen LogP contribution is 2.12. The molecule has 0 fully saturated rings. The lowest BCUT2D eigenvalue weighted by Crippen LogP contribution is -2.38. The number of nitrogens with zero attached hydrogens (tertiary/aromatic N) is 1. The van der Waals surface area contributed by atoms with Crippen LogP contribution in [0.15, 0.2) is 24.3 Å². The average molecular weight is 648 g/mol. The number of unbranched alkanes of at least 4 members (excludes halogenated alkanes) is 22. The van der Waals surface area contributed by atoms with Gasteiger partial charge in [0.2, 0.25) is 0 Å². The molecular formula is C41H77NO4. The van der Waals surface area contributed by atoms with Crippen molar-refractivity contribution in [3.05, 3.63) is 24.3 Å². The summed E-state index contributed by atoms with van der Waals surface area (Å²) in [6, 6.07) is -0.115. The third kappa shape index (κ3) is 33.7. The Kier molecular flexibility index (Phi) is 34.9. The van der Waals surface area contributed by atoms with E-state index in [1.807, 2.05) is 19.0 Å². The Labute approximate surface area is 286 Å². The molecule has 0 aromatic carbocycles. The number of rotatable bonds is 35. The first kappa shape index (κ1) is 44.4. The number of carbonyl (C=O) groups is 2. The van der Waals surface area contributed by atoms with Gasteiger partial charge in [0, 0.05) is 12.8 Å². The fraction of sp³-hybridized carbons (Fsp3) is 0.854. The molecule has 0 saturated carbocycles. The van der Waals surface area contributed by atoms with Crippen LogP contribution in [0.3, 0.4) is 0 Å². The van der Waals surface area contributed by atoms with E-state index in [1.54, 1.807) is 0 Å². The van der Waals surface area contributed by atoms with Crippen LogP contribution in [0.4, 0.5) is 0 Å². The van der Waals surface area contributed by atoms with E-state index < -0.39 is 0 Å². The summed E-state index contributed by atoms with van der Waals surface area (Å²) in [5.41, 5.74) is 0. The first-order valence-corrected chi connectivity index (χ1v) is 19.8. The summed E-state index contributed by atoms with van der Waals surface area (Å²) in [6.45, 7) is 5.06. The van der Waals surface area contributed by atoms with Crippen molar-refractivity contribution in [3.63, 3.8) is 0 Å². The lowest BCUT2D eigenvalue weighted by atomic mass is 10.1. The van der Waals surface area contributed by atoms with Gasteiger partial charge in [-0.3, -0.25) is 9.59 Å². The van der Waals surface area contributed by atoms with Crippen LogP contribution in [0.5, 0.6) is 0 Å². The van der Waals surface area contributed by atoms with E-state index in [0.717, 1.165) is 25.7 Å². The Morgan fingerprint density at radius 3 is 1.04 bits per heavy atom. The van der Waals surface area contributed by atoms with Crippen LogP contribution in [0.1, 0.15) is 194 Å². The van der Waals surface area contributed by atoms with Crippen molar-refractivity contribution in [2.75, 3.05) is 27.3 Å². The molecule has 0 heterocycles. The summed E-state index contributed by atoms with van der Waals surface area (Å²) in [6.07, 6.45) is 42.7. The van der Waals surface area contributed by atoms with Gasteiger partial charge in [-0.05, 0) is 78.3 Å². The van der Waals surface area contributed by atoms with Crippen molar-refractivity contribution in [1.29, 1.82) is 0 Å². The molecular weight excluding hydrogens is 570 g/mol. The van der Waals surface area contributed by atoms with Gasteiger partial charge in [-0.25, -0.2) is 0 Å². The van der Waals surface area contributed by atoms with Crippen LogP contribution >= 0.6 is 0 Å². The molecule has 0 amide bonds. The zero-order valence-corrected chi connectivity index (χ0v) is 31.2. The molecule has 0 N–H and O–H groups in total. The van der Waals surface area contributed by atoms with Crippen molar-refractivity contribution in [2.45, 2.75) is 200 Å². The minimum absolute atomic E-state index is 0.115. The van der Waals surface area contributed by atoms with Crippen LogP contribution in [-0.2, 0) is 19.1 Å². The number of hydrogen-bond acceptors (Lipinski definition) is 5. The number of esters is 2. The van der Waals surface area contributed by atoms with E-state index in [1.165, 1.54) is 141 Å². The second-order valence-electron chi connectivity index (χ2n) is 13.7. The maximum Gasteiger partial charge on any atom is 0.305 e. The highest BCUT2D eigenvalue weighted by Gasteiger charge is 2.17. The highest BCUT2D eigenvalue weighted by molar-refractivity contribution is 5.69. The summed E-state index contributed by atoms with van der Waals surface area (Å²) >= 11 is 0. The van der Waals surface area contributed by atoms with Gasteiger partial charge < -0.3 is 14.4 Å². The summed E-state index contributed by atoms with van der Waals surface area (Å²) in [5.74, 6) is -0.298. The predicted molar refractivity (Wildman–Crippen MR) is 198 cm³/mol. The van der Waals surface area contributed by atoms with E-state index in [0.29, 0.717) is 12.8 Å². The largest absolute Gasteiger partial charge is 0.464 e. The lowest BCUT2D eigenvalue weighted by Gasteiger charge is -2.23. The van der Waals surface area contributed by atoms with Gasteiger partial charge in [0.05, 0.1) is 6.04 Å². The van der Waals surface area contributed by atoms with Gasteiger partial charge in [-0.15, -0.1) is 0 Å². The first-order chi connectivity index (χ1) is 22.5. The molecule has 5 nitrogen and oxygen atoms in total. The van der Waals surface area contributed by atoms with E-state index in [-0.39, 0.29) is 31.2 Å². The topological polar surface area (TPSA) is 55.8 Å². The smallest absolute Gasteiger partial charge is 0.305 e. The van der Waals surface area contributed by atoms with Gasteiger partial charge in [0.1, 0.15) is 13.2 Å². The van der Waals surface area contributed by atoms with Gasteiger partial charge in [-0.2, -0.15) is 0 Å². The van der Waals surface area contributed by atoms with Crippen LogP contribution in [-0.4, -0.2) is 50.2 Å². The number of allylic oxidation sites excluding steroid dienone is 4. The van der Waals surface area contributed by atoms with Gasteiger partial charge in [-0.1, -0.05) is 141 Å². The van der Waals surface area contributed by atoms with Crippen molar-refractivity contribution in [1.82, 2.24) is 4.90 Å². The van der Waals surface area contributed by atoms with Crippen LogP contribution in [0, 0.1) is 0 Å². The number of hydrogen-bond donors (Lipinski definition) is 0. The maximum absolute atomic E-state index is 12.2. The number of carbonyl (C=O) groups excluding carboxylic acids is 2. The molecule has 0 aliphatic rings. The van der Waals surface area contributed by atoms with E-state index in [4.69, 9.17) is 9.47 Å². The lowest BCUT2D eigenvalue weighted by molar-refractivity contribution is -0.149. The Morgan fingerprint density at radius 1 is 0.457 bits per heavy atom. The second kappa shape index (κ2) is 36.2.